The summed E-state index contributed by atoms with van der Waals surface area (Å²) < 4.78 is 0. The number of nitrogens with zero attached hydrogens (tertiary/aromatic N) is 2. The molecule has 0 atom stereocenters. The fourth-order valence-electron chi connectivity index (χ4n) is 1.67. The van der Waals surface area contributed by atoms with Crippen molar-refractivity contribution in [2.45, 2.75) is 26.9 Å². The molecule has 1 N–H and O–H groups in total. The van der Waals surface area contributed by atoms with E-state index < -0.39 is 0 Å². The molecule has 4 nitrogen and oxygen atoms in total. The van der Waals surface area contributed by atoms with Gasteiger partial charge in [-0.25, -0.2) is 4.98 Å². The first-order valence-electron chi connectivity index (χ1n) is 5.73. The van der Waals surface area contributed by atoms with Crippen molar-refractivity contribution in [3.05, 3.63) is 45.7 Å². The molecule has 0 bridgehead atoms. The van der Waals surface area contributed by atoms with E-state index in [1.807, 2.05) is 25.3 Å². The number of rotatable bonds is 5. The first-order valence-corrected chi connectivity index (χ1v) is 6.55. The van der Waals surface area contributed by atoms with Gasteiger partial charge in [0.2, 0.25) is 0 Å². The molecule has 0 amide bonds. The number of pyridine rings is 1. The van der Waals surface area contributed by atoms with E-state index in [9.17, 15) is 4.79 Å². The molecule has 0 saturated carbocycles. The Labute approximate surface area is 110 Å². The van der Waals surface area contributed by atoms with Gasteiger partial charge in [0.1, 0.15) is 5.01 Å². The molecule has 0 aliphatic rings. The number of hydrogen-bond donors (Lipinski definition) is 1. The van der Waals surface area contributed by atoms with E-state index in [4.69, 9.17) is 0 Å². The SMILES string of the molecule is CC(=O)c1sc(CNCc2cccnc2)nc1C. The first kappa shape index (κ1) is 12.9. The fraction of sp³-hybridized carbons (Fsp3) is 0.308. The van der Waals surface area contributed by atoms with Crippen LogP contribution in [0.2, 0.25) is 0 Å². The van der Waals surface area contributed by atoms with Crippen LogP contribution >= 0.6 is 11.3 Å². The summed E-state index contributed by atoms with van der Waals surface area (Å²) in [4.78, 5) is 20.5. The van der Waals surface area contributed by atoms with Crippen molar-refractivity contribution in [1.29, 1.82) is 0 Å². The summed E-state index contributed by atoms with van der Waals surface area (Å²) >= 11 is 1.46. The Kier molecular flexibility index (Phi) is 4.17. The molecular formula is C13H15N3OS. The lowest BCUT2D eigenvalue weighted by Gasteiger charge is -2.01. The number of aryl methyl sites for hydroxylation is 1. The average Bonchev–Trinajstić information content (AvgIpc) is 2.72. The van der Waals surface area contributed by atoms with Crippen molar-refractivity contribution >= 4 is 17.1 Å². The summed E-state index contributed by atoms with van der Waals surface area (Å²) in [5.74, 6) is 0.0866. The van der Waals surface area contributed by atoms with Crippen LogP contribution < -0.4 is 5.32 Å². The van der Waals surface area contributed by atoms with Gasteiger partial charge in [0.05, 0.1) is 10.6 Å². The summed E-state index contributed by atoms with van der Waals surface area (Å²) in [6, 6.07) is 3.94. The Morgan fingerprint density at radius 2 is 2.28 bits per heavy atom. The Hall–Kier alpha value is -1.59. The third-order valence-electron chi connectivity index (χ3n) is 2.49. The molecule has 5 heteroatoms. The van der Waals surface area contributed by atoms with E-state index in [0.29, 0.717) is 6.54 Å². The third-order valence-corrected chi connectivity index (χ3v) is 3.75. The highest BCUT2D eigenvalue weighted by atomic mass is 32.1. The number of carbonyl (C=O) groups excluding carboxylic acids is 1. The highest BCUT2D eigenvalue weighted by Crippen LogP contribution is 2.18. The van der Waals surface area contributed by atoms with Gasteiger partial charge in [-0.2, -0.15) is 0 Å². The van der Waals surface area contributed by atoms with Gasteiger partial charge in [-0.15, -0.1) is 11.3 Å². The van der Waals surface area contributed by atoms with E-state index in [-0.39, 0.29) is 5.78 Å². The molecule has 0 aliphatic heterocycles. The largest absolute Gasteiger partial charge is 0.306 e. The summed E-state index contributed by atoms with van der Waals surface area (Å²) in [7, 11) is 0. The zero-order valence-electron chi connectivity index (χ0n) is 10.4. The van der Waals surface area contributed by atoms with Crippen molar-refractivity contribution in [2.24, 2.45) is 0 Å². The lowest BCUT2D eigenvalue weighted by Crippen LogP contribution is -2.12. The highest BCUT2D eigenvalue weighted by Gasteiger charge is 2.10. The molecular weight excluding hydrogens is 246 g/mol. The van der Waals surface area contributed by atoms with Gasteiger partial charge >= 0.3 is 0 Å². The number of nitrogens with one attached hydrogen (secondary N) is 1. The van der Waals surface area contributed by atoms with Crippen LogP contribution in [0.15, 0.2) is 24.5 Å². The second kappa shape index (κ2) is 5.84. The van der Waals surface area contributed by atoms with Crippen molar-refractivity contribution in [3.63, 3.8) is 0 Å². The summed E-state index contributed by atoms with van der Waals surface area (Å²) in [5, 5.41) is 4.24. The van der Waals surface area contributed by atoms with Gasteiger partial charge in [0, 0.05) is 32.4 Å². The Morgan fingerprint density at radius 3 is 2.89 bits per heavy atom. The molecule has 0 aliphatic carbocycles. The summed E-state index contributed by atoms with van der Waals surface area (Å²) in [6.07, 6.45) is 3.59. The van der Waals surface area contributed by atoms with Crippen LogP contribution in [0.1, 0.15) is 32.9 Å². The number of ketones is 1. The molecule has 0 fully saturated rings. The minimum atomic E-state index is 0.0866. The molecule has 2 heterocycles. The molecule has 18 heavy (non-hydrogen) atoms. The van der Waals surface area contributed by atoms with Gasteiger partial charge in [0.25, 0.3) is 0 Å². The smallest absolute Gasteiger partial charge is 0.171 e. The highest BCUT2D eigenvalue weighted by molar-refractivity contribution is 7.13. The maximum absolute atomic E-state index is 11.3. The van der Waals surface area contributed by atoms with Gasteiger partial charge < -0.3 is 5.32 Å². The Morgan fingerprint density at radius 1 is 1.44 bits per heavy atom. The second-order valence-corrected chi connectivity index (χ2v) is 5.13. The van der Waals surface area contributed by atoms with Crippen molar-refractivity contribution in [3.8, 4) is 0 Å². The van der Waals surface area contributed by atoms with Crippen LogP contribution in [-0.4, -0.2) is 15.8 Å². The van der Waals surface area contributed by atoms with E-state index >= 15 is 0 Å². The summed E-state index contributed by atoms with van der Waals surface area (Å²) in [6.45, 7) is 4.88. The predicted molar refractivity (Wildman–Crippen MR) is 71.6 cm³/mol. The van der Waals surface area contributed by atoms with Crippen molar-refractivity contribution < 1.29 is 4.79 Å². The maximum atomic E-state index is 11.3. The molecule has 0 radical (unpaired) electrons. The van der Waals surface area contributed by atoms with Gasteiger partial charge in [-0.05, 0) is 18.6 Å². The zero-order valence-corrected chi connectivity index (χ0v) is 11.3. The topological polar surface area (TPSA) is 54.9 Å². The van der Waals surface area contributed by atoms with E-state index in [1.165, 1.54) is 11.3 Å². The average molecular weight is 261 g/mol. The second-order valence-electron chi connectivity index (χ2n) is 4.04. The van der Waals surface area contributed by atoms with E-state index in [0.717, 1.165) is 27.7 Å². The zero-order chi connectivity index (χ0) is 13.0. The van der Waals surface area contributed by atoms with Crippen molar-refractivity contribution in [2.75, 3.05) is 0 Å². The molecule has 0 unspecified atom stereocenters. The molecule has 2 rings (SSSR count). The lowest BCUT2D eigenvalue weighted by atomic mass is 10.3. The molecule has 94 valence electrons. The van der Waals surface area contributed by atoms with Crippen LogP contribution in [0.4, 0.5) is 0 Å². The number of aromatic nitrogens is 2. The molecule has 2 aromatic rings. The van der Waals surface area contributed by atoms with Crippen LogP contribution in [0.3, 0.4) is 0 Å². The first-order chi connectivity index (χ1) is 8.66. The van der Waals surface area contributed by atoms with Crippen LogP contribution in [-0.2, 0) is 13.1 Å². The van der Waals surface area contributed by atoms with Gasteiger partial charge in [-0.3, -0.25) is 9.78 Å². The molecule has 0 spiro atoms. The van der Waals surface area contributed by atoms with Gasteiger partial charge in [0.15, 0.2) is 5.78 Å². The number of thiazole rings is 1. The molecule has 0 aromatic carbocycles. The molecule has 2 aromatic heterocycles. The third kappa shape index (κ3) is 3.21. The van der Waals surface area contributed by atoms with E-state index in [1.54, 1.807) is 13.1 Å². The molecule has 0 saturated heterocycles. The monoisotopic (exact) mass is 261 g/mol. The Bertz CT molecular complexity index is 536. The Balaban J connectivity index is 1.91. The van der Waals surface area contributed by atoms with Crippen LogP contribution in [0.5, 0.6) is 0 Å². The minimum Gasteiger partial charge on any atom is -0.306 e. The minimum absolute atomic E-state index is 0.0866. The standard InChI is InChI=1S/C13H15N3OS/c1-9-13(10(2)17)18-12(16-9)8-15-7-11-4-3-5-14-6-11/h3-6,15H,7-8H2,1-2H3. The number of hydrogen-bond acceptors (Lipinski definition) is 5. The van der Waals surface area contributed by atoms with Crippen LogP contribution in [0.25, 0.3) is 0 Å². The number of carbonyl (C=O) groups is 1. The number of Topliss-reactive ketones (excluding diaryl/α,β-unsaturated/α-hetero) is 1. The van der Waals surface area contributed by atoms with E-state index in [2.05, 4.69) is 15.3 Å². The predicted octanol–water partition coefficient (Wildman–Crippen LogP) is 2.34. The maximum Gasteiger partial charge on any atom is 0.171 e. The van der Waals surface area contributed by atoms with Crippen LogP contribution in [0, 0.1) is 6.92 Å². The summed E-state index contributed by atoms with van der Waals surface area (Å²) in [5.41, 5.74) is 1.96. The van der Waals surface area contributed by atoms with Crippen molar-refractivity contribution in [1.82, 2.24) is 15.3 Å². The quantitative estimate of drug-likeness (QED) is 0.839. The van der Waals surface area contributed by atoms with Gasteiger partial charge in [-0.1, -0.05) is 6.07 Å². The lowest BCUT2D eigenvalue weighted by molar-refractivity contribution is 0.102. The normalized spacial score (nSPS) is 10.6. The fourth-order valence-corrected chi connectivity index (χ4v) is 2.60.